The van der Waals surface area contributed by atoms with Crippen LogP contribution in [0.2, 0.25) is 0 Å². The molecule has 0 spiro atoms. The molecule has 0 bridgehead atoms. The summed E-state index contributed by atoms with van der Waals surface area (Å²) in [4.78, 5) is 29.1. The molecule has 0 saturated carbocycles. The van der Waals surface area contributed by atoms with Crippen LogP contribution >= 0.6 is 23.1 Å². The SMILES string of the molecule is CCNC(=O)c1ccc2c(c1)NC(=O)c1ccccc1S2.FC(F)(F)c1cscn1. The third-order valence-electron chi connectivity index (χ3n) is 3.90. The summed E-state index contributed by atoms with van der Waals surface area (Å²) in [5.74, 6) is -0.286. The number of fused-ring (bicyclic) bond motifs is 2. The Balaban J connectivity index is 0.000000239. The van der Waals surface area contributed by atoms with Gasteiger partial charge in [-0.05, 0) is 37.3 Å². The van der Waals surface area contributed by atoms with Gasteiger partial charge >= 0.3 is 6.18 Å². The zero-order valence-electron chi connectivity index (χ0n) is 15.6. The zero-order valence-corrected chi connectivity index (χ0v) is 17.3. The number of aromatic nitrogens is 1. The quantitative estimate of drug-likeness (QED) is 0.554. The van der Waals surface area contributed by atoms with Crippen molar-refractivity contribution in [2.45, 2.75) is 22.9 Å². The Morgan fingerprint density at radius 2 is 1.93 bits per heavy atom. The van der Waals surface area contributed by atoms with E-state index in [-0.39, 0.29) is 11.8 Å². The molecule has 30 heavy (non-hydrogen) atoms. The van der Waals surface area contributed by atoms with E-state index in [0.717, 1.165) is 32.0 Å². The number of nitrogens with zero attached hydrogens (tertiary/aromatic N) is 1. The van der Waals surface area contributed by atoms with Gasteiger partial charge in [0.05, 0.1) is 16.8 Å². The second-order valence-electron chi connectivity index (χ2n) is 5.99. The molecule has 0 saturated heterocycles. The molecule has 1 aliphatic heterocycles. The lowest BCUT2D eigenvalue weighted by molar-refractivity contribution is -0.140. The second-order valence-corrected chi connectivity index (χ2v) is 7.80. The third-order valence-corrected chi connectivity index (χ3v) is 5.64. The van der Waals surface area contributed by atoms with Gasteiger partial charge in [0, 0.05) is 27.3 Å². The fraction of sp³-hybridized carbons (Fsp3) is 0.150. The van der Waals surface area contributed by atoms with E-state index >= 15 is 0 Å². The van der Waals surface area contributed by atoms with Gasteiger partial charge in [-0.1, -0.05) is 23.9 Å². The fourth-order valence-electron chi connectivity index (χ4n) is 2.52. The molecule has 5 nitrogen and oxygen atoms in total. The Morgan fingerprint density at radius 3 is 2.57 bits per heavy atom. The maximum atomic E-state index is 12.3. The van der Waals surface area contributed by atoms with Crippen LogP contribution in [-0.2, 0) is 6.18 Å². The molecule has 156 valence electrons. The number of hydrogen-bond donors (Lipinski definition) is 2. The summed E-state index contributed by atoms with van der Waals surface area (Å²) in [6, 6.07) is 12.8. The summed E-state index contributed by atoms with van der Waals surface area (Å²) < 4.78 is 34.7. The maximum absolute atomic E-state index is 12.3. The van der Waals surface area contributed by atoms with Crippen LogP contribution in [0.1, 0.15) is 33.3 Å². The highest BCUT2D eigenvalue weighted by molar-refractivity contribution is 7.99. The summed E-state index contributed by atoms with van der Waals surface area (Å²) in [5.41, 5.74) is 2.21. The van der Waals surface area contributed by atoms with E-state index < -0.39 is 11.9 Å². The van der Waals surface area contributed by atoms with Gasteiger partial charge in [-0.3, -0.25) is 9.59 Å². The Morgan fingerprint density at radius 1 is 1.17 bits per heavy atom. The molecule has 1 aliphatic rings. The first-order chi connectivity index (χ1) is 14.3. The molecule has 0 fully saturated rings. The molecule has 2 aromatic carbocycles. The average molecular weight is 451 g/mol. The second kappa shape index (κ2) is 9.31. The lowest BCUT2D eigenvalue weighted by atomic mass is 10.1. The number of thiazole rings is 1. The van der Waals surface area contributed by atoms with Crippen molar-refractivity contribution in [1.29, 1.82) is 0 Å². The predicted octanol–water partition coefficient (Wildman–Crippen LogP) is 5.32. The minimum atomic E-state index is -4.28. The van der Waals surface area contributed by atoms with Gasteiger partial charge < -0.3 is 10.6 Å². The Kier molecular flexibility index (Phi) is 6.78. The van der Waals surface area contributed by atoms with Crippen molar-refractivity contribution in [1.82, 2.24) is 10.3 Å². The summed E-state index contributed by atoms with van der Waals surface area (Å²) in [5, 5.41) is 6.60. The topological polar surface area (TPSA) is 71.1 Å². The number of hydrogen-bond acceptors (Lipinski definition) is 5. The summed E-state index contributed by atoms with van der Waals surface area (Å²) in [6.45, 7) is 2.44. The number of halogens is 3. The molecule has 0 radical (unpaired) electrons. The Hall–Kier alpha value is -2.85. The molecule has 2 amide bonds. The monoisotopic (exact) mass is 451 g/mol. The summed E-state index contributed by atoms with van der Waals surface area (Å²) in [7, 11) is 0. The normalized spacial score (nSPS) is 12.5. The van der Waals surface area contributed by atoms with Crippen molar-refractivity contribution >= 4 is 40.6 Å². The molecule has 4 rings (SSSR count). The molecule has 10 heteroatoms. The molecule has 3 aromatic rings. The van der Waals surface area contributed by atoms with Gasteiger partial charge in [-0.15, -0.1) is 11.3 Å². The van der Waals surface area contributed by atoms with Gasteiger partial charge in [0.1, 0.15) is 0 Å². The van der Waals surface area contributed by atoms with Crippen LogP contribution in [-0.4, -0.2) is 23.3 Å². The molecule has 2 N–H and O–H groups in total. The number of alkyl halides is 3. The average Bonchev–Trinajstić information content (AvgIpc) is 3.21. The van der Waals surface area contributed by atoms with Crippen LogP contribution in [0.4, 0.5) is 18.9 Å². The molecule has 0 atom stereocenters. The largest absolute Gasteiger partial charge is 0.434 e. The Labute approximate surface area is 178 Å². The van der Waals surface area contributed by atoms with Gasteiger partial charge in [0.25, 0.3) is 11.8 Å². The minimum Gasteiger partial charge on any atom is -0.352 e. The molecular weight excluding hydrogens is 435 g/mol. The van der Waals surface area contributed by atoms with E-state index in [0.29, 0.717) is 23.4 Å². The zero-order chi connectivity index (χ0) is 21.7. The first-order valence-electron chi connectivity index (χ1n) is 8.75. The number of carbonyl (C=O) groups excluding carboxylic acids is 2. The van der Waals surface area contributed by atoms with E-state index in [4.69, 9.17) is 0 Å². The lowest BCUT2D eigenvalue weighted by Crippen LogP contribution is -2.22. The number of rotatable bonds is 2. The highest BCUT2D eigenvalue weighted by atomic mass is 32.2. The molecule has 0 aliphatic carbocycles. The standard InChI is InChI=1S/C16H14N2O2S.C4H2F3NS/c1-2-17-15(19)10-7-8-14-12(9-10)18-16(20)11-5-3-4-6-13(11)21-14;5-4(6,7)3-1-9-2-8-3/h3-9H,2H2,1H3,(H,17,19)(H,18,20);1-2H. The lowest BCUT2D eigenvalue weighted by Gasteiger charge is -2.08. The number of nitrogens with one attached hydrogen (secondary N) is 2. The van der Waals surface area contributed by atoms with E-state index in [1.54, 1.807) is 18.2 Å². The third kappa shape index (κ3) is 5.19. The summed E-state index contributed by atoms with van der Waals surface area (Å²) in [6.07, 6.45) is -4.28. The molecule has 1 aromatic heterocycles. The van der Waals surface area contributed by atoms with Crippen LogP contribution < -0.4 is 10.6 Å². The maximum Gasteiger partial charge on any atom is 0.434 e. The van der Waals surface area contributed by atoms with Crippen molar-refractivity contribution in [3.05, 3.63) is 70.2 Å². The smallest absolute Gasteiger partial charge is 0.352 e. The van der Waals surface area contributed by atoms with Crippen molar-refractivity contribution in [3.63, 3.8) is 0 Å². The van der Waals surface area contributed by atoms with E-state index in [9.17, 15) is 22.8 Å². The molecule has 2 heterocycles. The van der Waals surface area contributed by atoms with Gasteiger partial charge in [0.15, 0.2) is 5.69 Å². The van der Waals surface area contributed by atoms with Crippen LogP contribution in [0.5, 0.6) is 0 Å². The van der Waals surface area contributed by atoms with E-state index in [1.165, 1.54) is 11.8 Å². The number of amides is 2. The minimum absolute atomic E-state index is 0.138. The van der Waals surface area contributed by atoms with E-state index in [1.807, 2.05) is 31.2 Å². The first-order valence-corrected chi connectivity index (χ1v) is 10.5. The van der Waals surface area contributed by atoms with Crippen molar-refractivity contribution in [3.8, 4) is 0 Å². The van der Waals surface area contributed by atoms with E-state index in [2.05, 4.69) is 15.6 Å². The highest BCUT2D eigenvalue weighted by Gasteiger charge is 2.32. The fourth-order valence-corrected chi connectivity index (χ4v) is 4.09. The van der Waals surface area contributed by atoms with Crippen molar-refractivity contribution < 1.29 is 22.8 Å². The number of benzene rings is 2. The van der Waals surface area contributed by atoms with Crippen molar-refractivity contribution in [2.75, 3.05) is 11.9 Å². The molecular formula is C20H16F3N3O2S2. The number of anilines is 1. The summed E-state index contributed by atoms with van der Waals surface area (Å²) >= 11 is 2.46. The van der Waals surface area contributed by atoms with Crippen LogP contribution in [0.3, 0.4) is 0 Å². The van der Waals surface area contributed by atoms with Crippen LogP contribution in [0, 0.1) is 0 Å². The number of carbonyl (C=O) groups is 2. The van der Waals surface area contributed by atoms with Gasteiger partial charge in [-0.25, -0.2) is 4.98 Å². The van der Waals surface area contributed by atoms with Crippen LogP contribution in [0.15, 0.2) is 63.1 Å². The highest BCUT2D eigenvalue weighted by Crippen LogP contribution is 2.39. The van der Waals surface area contributed by atoms with Gasteiger partial charge in [-0.2, -0.15) is 13.2 Å². The van der Waals surface area contributed by atoms with Crippen LogP contribution in [0.25, 0.3) is 0 Å². The molecule has 0 unspecified atom stereocenters. The Bertz CT molecular complexity index is 1050. The van der Waals surface area contributed by atoms with Crippen molar-refractivity contribution in [2.24, 2.45) is 0 Å². The predicted molar refractivity (Wildman–Crippen MR) is 110 cm³/mol. The first kappa shape index (κ1) is 21.8. The van der Waals surface area contributed by atoms with Gasteiger partial charge in [0.2, 0.25) is 0 Å².